The van der Waals surface area contributed by atoms with Gasteiger partial charge in [-0.1, -0.05) is 18.2 Å². The second kappa shape index (κ2) is 4.52. The Morgan fingerprint density at radius 2 is 2.10 bits per heavy atom. The molecule has 0 aliphatic carbocycles. The Hall–Kier alpha value is -2.49. The lowest BCUT2D eigenvalue weighted by Gasteiger charge is -2.26. The molecule has 3 aromatic rings. The molecule has 0 atom stereocenters. The highest BCUT2D eigenvalue weighted by Gasteiger charge is 2.26. The van der Waals surface area contributed by atoms with Gasteiger partial charge in [-0.15, -0.1) is 0 Å². The van der Waals surface area contributed by atoms with Crippen LogP contribution in [0.15, 0.2) is 40.8 Å². The summed E-state index contributed by atoms with van der Waals surface area (Å²) in [5.74, 6) is 1.16. The molecule has 4 rings (SSSR count). The van der Waals surface area contributed by atoms with E-state index in [0.29, 0.717) is 12.3 Å². The number of nitrogens with zero attached hydrogens (tertiary/aromatic N) is 1. The van der Waals surface area contributed by atoms with E-state index in [9.17, 15) is 4.79 Å². The molecule has 0 radical (unpaired) electrons. The number of rotatable bonds is 1. The lowest BCUT2D eigenvalue weighted by molar-refractivity contribution is 0.0701. The summed E-state index contributed by atoms with van der Waals surface area (Å²) in [5, 5.41) is 1.21. The SMILES string of the molecule is Cc1ccc(C(=O)N2CCc3[nH]c4ccccc4c3C2)o1. The highest BCUT2D eigenvalue weighted by molar-refractivity contribution is 5.92. The van der Waals surface area contributed by atoms with Crippen LogP contribution in [0, 0.1) is 6.92 Å². The molecular weight excluding hydrogens is 264 g/mol. The number of furan rings is 1. The molecule has 2 aromatic heterocycles. The van der Waals surface area contributed by atoms with Crippen LogP contribution in [0.3, 0.4) is 0 Å². The van der Waals surface area contributed by atoms with Crippen molar-refractivity contribution in [1.82, 2.24) is 9.88 Å². The van der Waals surface area contributed by atoms with E-state index in [1.54, 1.807) is 6.07 Å². The molecule has 0 unspecified atom stereocenters. The topological polar surface area (TPSA) is 49.2 Å². The molecule has 0 saturated heterocycles. The second-order valence-electron chi connectivity index (χ2n) is 5.51. The number of aromatic nitrogens is 1. The van der Waals surface area contributed by atoms with Gasteiger partial charge in [-0.2, -0.15) is 0 Å². The first-order valence-corrected chi connectivity index (χ1v) is 7.16. The Balaban J connectivity index is 1.68. The molecule has 1 aliphatic rings. The summed E-state index contributed by atoms with van der Waals surface area (Å²) in [5.41, 5.74) is 3.62. The number of amides is 1. The lowest BCUT2D eigenvalue weighted by atomic mass is 10.0. The number of para-hydroxylation sites is 1. The first kappa shape index (κ1) is 12.3. The quantitative estimate of drug-likeness (QED) is 0.743. The fourth-order valence-corrected chi connectivity index (χ4v) is 3.05. The van der Waals surface area contributed by atoms with Crippen LogP contribution in [0.5, 0.6) is 0 Å². The van der Waals surface area contributed by atoms with E-state index in [4.69, 9.17) is 4.42 Å². The summed E-state index contributed by atoms with van der Waals surface area (Å²) in [6.07, 6.45) is 0.857. The Morgan fingerprint density at radius 1 is 1.24 bits per heavy atom. The zero-order valence-electron chi connectivity index (χ0n) is 11.8. The van der Waals surface area contributed by atoms with Crippen LogP contribution >= 0.6 is 0 Å². The predicted molar refractivity (Wildman–Crippen MR) is 80.2 cm³/mol. The molecule has 106 valence electrons. The van der Waals surface area contributed by atoms with Crippen LogP contribution in [0.4, 0.5) is 0 Å². The Labute approximate surface area is 122 Å². The summed E-state index contributed by atoms with van der Waals surface area (Å²) < 4.78 is 5.46. The Morgan fingerprint density at radius 3 is 2.90 bits per heavy atom. The number of hydrogen-bond donors (Lipinski definition) is 1. The van der Waals surface area contributed by atoms with Crippen molar-refractivity contribution >= 4 is 16.8 Å². The number of aromatic amines is 1. The van der Waals surface area contributed by atoms with E-state index in [-0.39, 0.29) is 5.91 Å². The van der Waals surface area contributed by atoms with Crippen LogP contribution in [-0.2, 0) is 13.0 Å². The van der Waals surface area contributed by atoms with Gasteiger partial charge in [0.05, 0.1) is 0 Å². The largest absolute Gasteiger partial charge is 0.456 e. The third-order valence-electron chi connectivity index (χ3n) is 4.12. The summed E-state index contributed by atoms with van der Waals surface area (Å²) >= 11 is 0. The number of H-pyrrole nitrogens is 1. The number of carbonyl (C=O) groups is 1. The first-order valence-electron chi connectivity index (χ1n) is 7.16. The van der Waals surface area contributed by atoms with E-state index in [1.165, 1.54) is 16.6 Å². The van der Waals surface area contributed by atoms with Gasteiger partial charge in [-0.3, -0.25) is 4.79 Å². The Bertz CT molecular complexity index is 828. The number of fused-ring (bicyclic) bond motifs is 3. The van der Waals surface area contributed by atoms with E-state index < -0.39 is 0 Å². The summed E-state index contributed by atoms with van der Waals surface area (Å²) in [6, 6.07) is 11.8. The molecular formula is C17H16N2O2. The molecule has 0 spiro atoms. The van der Waals surface area contributed by atoms with Crippen molar-refractivity contribution in [2.75, 3.05) is 6.54 Å². The van der Waals surface area contributed by atoms with Gasteiger partial charge in [0.15, 0.2) is 5.76 Å². The zero-order valence-corrected chi connectivity index (χ0v) is 11.8. The number of nitrogens with one attached hydrogen (secondary N) is 1. The van der Waals surface area contributed by atoms with Crippen molar-refractivity contribution in [3.63, 3.8) is 0 Å². The van der Waals surface area contributed by atoms with Gasteiger partial charge >= 0.3 is 0 Å². The van der Waals surface area contributed by atoms with E-state index in [0.717, 1.165) is 24.2 Å². The molecule has 1 N–H and O–H groups in total. The summed E-state index contributed by atoms with van der Waals surface area (Å²) in [6.45, 7) is 3.21. The van der Waals surface area contributed by atoms with Crippen LogP contribution in [0.1, 0.15) is 27.6 Å². The fraction of sp³-hybridized carbons (Fsp3) is 0.235. The number of hydrogen-bond acceptors (Lipinski definition) is 2. The van der Waals surface area contributed by atoms with Crippen LogP contribution in [0.2, 0.25) is 0 Å². The standard InChI is InChI=1S/C17H16N2O2/c1-11-6-7-16(21-11)17(20)19-9-8-15-13(10-19)12-4-2-3-5-14(12)18-15/h2-7,18H,8-10H2,1H3. The van der Waals surface area contributed by atoms with Crippen molar-refractivity contribution in [2.45, 2.75) is 19.9 Å². The van der Waals surface area contributed by atoms with Gasteiger partial charge in [0.1, 0.15) is 5.76 Å². The maximum Gasteiger partial charge on any atom is 0.289 e. The molecule has 0 saturated carbocycles. The monoisotopic (exact) mass is 280 g/mol. The van der Waals surface area contributed by atoms with Gasteiger partial charge in [-0.05, 0) is 25.1 Å². The number of carbonyl (C=O) groups excluding carboxylic acids is 1. The van der Waals surface area contributed by atoms with Gasteiger partial charge in [0.25, 0.3) is 5.91 Å². The minimum Gasteiger partial charge on any atom is -0.456 e. The third kappa shape index (κ3) is 1.95. The molecule has 3 heterocycles. The van der Waals surface area contributed by atoms with Gasteiger partial charge in [0.2, 0.25) is 0 Å². The zero-order chi connectivity index (χ0) is 14.4. The van der Waals surface area contributed by atoms with E-state index >= 15 is 0 Å². The third-order valence-corrected chi connectivity index (χ3v) is 4.12. The molecule has 0 bridgehead atoms. The minimum absolute atomic E-state index is 0.0287. The second-order valence-corrected chi connectivity index (χ2v) is 5.51. The highest BCUT2D eigenvalue weighted by atomic mass is 16.3. The highest BCUT2D eigenvalue weighted by Crippen LogP contribution is 2.28. The normalized spacial score (nSPS) is 14.4. The minimum atomic E-state index is -0.0287. The molecule has 4 heteroatoms. The van der Waals surface area contributed by atoms with Crippen molar-refractivity contribution in [2.24, 2.45) is 0 Å². The maximum absolute atomic E-state index is 12.5. The van der Waals surface area contributed by atoms with Crippen LogP contribution < -0.4 is 0 Å². The summed E-state index contributed by atoms with van der Waals surface area (Å²) in [7, 11) is 0. The smallest absolute Gasteiger partial charge is 0.289 e. The molecule has 4 nitrogen and oxygen atoms in total. The van der Waals surface area contributed by atoms with Gasteiger partial charge < -0.3 is 14.3 Å². The average molecular weight is 280 g/mol. The molecule has 1 aromatic carbocycles. The van der Waals surface area contributed by atoms with Crippen molar-refractivity contribution < 1.29 is 9.21 Å². The van der Waals surface area contributed by atoms with Gasteiger partial charge in [0, 0.05) is 41.7 Å². The molecule has 1 amide bonds. The van der Waals surface area contributed by atoms with E-state index in [2.05, 4.69) is 17.1 Å². The van der Waals surface area contributed by atoms with Crippen LogP contribution in [0.25, 0.3) is 10.9 Å². The number of benzene rings is 1. The maximum atomic E-state index is 12.5. The van der Waals surface area contributed by atoms with Crippen molar-refractivity contribution in [3.8, 4) is 0 Å². The summed E-state index contributed by atoms with van der Waals surface area (Å²) in [4.78, 5) is 17.8. The number of aryl methyl sites for hydroxylation is 1. The molecule has 21 heavy (non-hydrogen) atoms. The lowest BCUT2D eigenvalue weighted by Crippen LogP contribution is -2.35. The Kier molecular flexibility index (Phi) is 2.64. The molecule has 0 fully saturated rings. The van der Waals surface area contributed by atoms with Crippen LogP contribution in [-0.4, -0.2) is 22.3 Å². The van der Waals surface area contributed by atoms with E-state index in [1.807, 2.05) is 30.0 Å². The molecule has 1 aliphatic heterocycles. The first-order chi connectivity index (χ1) is 10.2. The average Bonchev–Trinajstić information content (AvgIpc) is 3.09. The van der Waals surface area contributed by atoms with Crippen molar-refractivity contribution in [3.05, 3.63) is 59.2 Å². The van der Waals surface area contributed by atoms with Gasteiger partial charge in [-0.25, -0.2) is 0 Å². The fourth-order valence-electron chi connectivity index (χ4n) is 3.05. The predicted octanol–water partition coefficient (Wildman–Crippen LogP) is 3.27. The van der Waals surface area contributed by atoms with Crippen molar-refractivity contribution in [1.29, 1.82) is 0 Å².